The van der Waals surface area contributed by atoms with E-state index in [1.54, 1.807) is 0 Å². The average molecular weight is 305 g/mol. The van der Waals surface area contributed by atoms with E-state index in [4.69, 9.17) is 10.5 Å². The van der Waals surface area contributed by atoms with Crippen LogP contribution in [0.1, 0.15) is 32.8 Å². The molecule has 122 valence electrons. The first-order valence-corrected chi connectivity index (χ1v) is 8.03. The minimum atomic E-state index is -0.186. The monoisotopic (exact) mass is 305 g/mol. The molecule has 1 fully saturated rings. The summed E-state index contributed by atoms with van der Waals surface area (Å²) in [6.07, 6.45) is 0.638. The van der Waals surface area contributed by atoms with Gasteiger partial charge in [0.1, 0.15) is 6.10 Å². The number of nitrogens with two attached hydrogens (primary N) is 1. The van der Waals surface area contributed by atoms with Crippen LogP contribution in [0.2, 0.25) is 0 Å². The molecule has 1 aliphatic rings. The van der Waals surface area contributed by atoms with Gasteiger partial charge in [-0.25, -0.2) is 4.79 Å². The Morgan fingerprint density at radius 3 is 2.64 bits per heavy atom. The van der Waals surface area contributed by atoms with Gasteiger partial charge in [-0.3, -0.25) is 4.90 Å². The highest BCUT2D eigenvalue weighted by atomic mass is 16.6. The second kappa shape index (κ2) is 7.49. The van der Waals surface area contributed by atoms with Crippen LogP contribution in [0.15, 0.2) is 24.3 Å². The van der Waals surface area contributed by atoms with E-state index in [1.165, 1.54) is 5.56 Å². The number of amides is 1. The summed E-state index contributed by atoms with van der Waals surface area (Å²) in [4.78, 5) is 16.4. The molecule has 0 bridgehead atoms. The summed E-state index contributed by atoms with van der Waals surface area (Å²) in [6, 6.07) is 8.14. The van der Waals surface area contributed by atoms with Gasteiger partial charge in [0.05, 0.1) is 0 Å². The van der Waals surface area contributed by atoms with E-state index in [2.05, 4.69) is 24.0 Å². The average Bonchev–Trinajstić information content (AvgIpc) is 2.49. The van der Waals surface area contributed by atoms with E-state index in [9.17, 15) is 4.79 Å². The first-order chi connectivity index (χ1) is 10.5. The number of carbonyl (C=O) groups excluding carboxylic acids is 1. The van der Waals surface area contributed by atoms with Crippen molar-refractivity contribution in [3.8, 4) is 0 Å². The van der Waals surface area contributed by atoms with Crippen LogP contribution in [0.5, 0.6) is 0 Å². The number of nitrogen functional groups attached to an aromatic ring is 1. The van der Waals surface area contributed by atoms with Crippen LogP contribution in [0.25, 0.3) is 0 Å². The molecule has 1 heterocycles. The Labute approximate surface area is 133 Å². The van der Waals surface area contributed by atoms with Gasteiger partial charge in [0.2, 0.25) is 0 Å². The van der Waals surface area contributed by atoms with Gasteiger partial charge in [0, 0.05) is 37.9 Å². The lowest BCUT2D eigenvalue weighted by Crippen LogP contribution is -2.54. The van der Waals surface area contributed by atoms with E-state index in [0.717, 1.165) is 31.7 Å². The normalized spacial score (nSPS) is 20.7. The van der Waals surface area contributed by atoms with Gasteiger partial charge in [-0.1, -0.05) is 19.1 Å². The van der Waals surface area contributed by atoms with Crippen LogP contribution in [0.4, 0.5) is 10.5 Å². The topological polar surface area (TPSA) is 58.8 Å². The largest absolute Gasteiger partial charge is 0.446 e. The SMILES string of the molecule is CCC(C)OC(=O)N1CCN(Cc2ccc(N)cc2)C[C@H]1C. The van der Waals surface area contributed by atoms with E-state index in [1.807, 2.05) is 30.9 Å². The van der Waals surface area contributed by atoms with Gasteiger partial charge in [0.15, 0.2) is 0 Å². The van der Waals surface area contributed by atoms with E-state index in [0.29, 0.717) is 6.54 Å². The third-order valence-electron chi connectivity index (χ3n) is 4.21. The first-order valence-electron chi connectivity index (χ1n) is 8.03. The number of hydrogen-bond acceptors (Lipinski definition) is 4. The Bertz CT molecular complexity index is 489. The molecule has 0 saturated carbocycles. The summed E-state index contributed by atoms with van der Waals surface area (Å²) >= 11 is 0. The lowest BCUT2D eigenvalue weighted by molar-refractivity contribution is 0.0300. The summed E-state index contributed by atoms with van der Waals surface area (Å²) in [5.41, 5.74) is 7.75. The predicted octanol–water partition coefficient (Wildman–Crippen LogP) is 2.71. The second-order valence-corrected chi connectivity index (χ2v) is 6.12. The maximum absolute atomic E-state index is 12.2. The fourth-order valence-corrected chi connectivity index (χ4v) is 2.65. The molecule has 22 heavy (non-hydrogen) atoms. The Hall–Kier alpha value is -1.75. The maximum atomic E-state index is 12.2. The highest BCUT2D eigenvalue weighted by Crippen LogP contribution is 2.16. The lowest BCUT2D eigenvalue weighted by Gasteiger charge is -2.39. The molecule has 0 aromatic heterocycles. The minimum Gasteiger partial charge on any atom is -0.446 e. The van der Waals surface area contributed by atoms with Crippen molar-refractivity contribution >= 4 is 11.8 Å². The minimum absolute atomic E-state index is 0.0208. The molecular formula is C17H27N3O2. The van der Waals surface area contributed by atoms with E-state index >= 15 is 0 Å². The number of benzene rings is 1. The van der Waals surface area contributed by atoms with Crippen molar-refractivity contribution in [2.75, 3.05) is 25.4 Å². The van der Waals surface area contributed by atoms with Crippen molar-refractivity contribution in [2.45, 2.75) is 45.9 Å². The molecule has 1 aromatic carbocycles. The van der Waals surface area contributed by atoms with Gasteiger partial charge in [-0.15, -0.1) is 0 Å². The highest BCUT2D eigenvalue weighted by molar-refractivity contribution is 5.68. The van der Waals surface area contributed by atoms with Crippen molar-refractivity contribution < 1.29 is 9.53 Å². The fourth-order valence-electron chi connectivity index (χ4n) is 2.65. The molecule has 5 heteroatoms. The van der Waals surface area contributed by atoms with Gasteiger partial charge in [0.25, 0.3) is 0 Å². The number of rotatable bonds is 4. The lowest BCUT2D eigenvalue weighted by atomic mass is 10.1. The Kier molecular flexibility index (Phi) is 5.66. The molecule has 0 aliphatic carbocycles. The number of nitrogens with zero attached hydrogens (tertiary/aromatic N) is 2. The van der Waals surface area contributed by atoms with Crippen LogP contribution in [-0.2, 0) is 11.3 Å². The van der Waals surface area contributed by atoms with Crippen LogP contribution >= 0.6 is 0 Å². The molecule has 2 N–H and O–H groups in total. The summed E-state index contributed by atoms with van der Waals surface area (Å²) in [5, 5.41) is 0. The zero-order valence-electron chi connectivity index (χ0n) is 13.8. The van der Waals surface area contributed by atoms with Crippen LogP contribution < -0.4 is 5.73 Å². The van der Waals surface area contributed by atoms with Crippen molar-refractivity contribution in [1.29, 1.82) is 0 Å². The van der Waals surface area contributed by atoms with E-state index in [-0.39, 0.29) is 18.2 Å². The van der Waals surface area contributed by atoms with Gasteiger partial charge < -0.3 is 15.4 Å². The number of carbonyl (C=O) groups is 1. The van der Waals surface area contributed by atoms with Crippen LogP contribution in [0, 0.1) is 0 Å². The zero-order chi connectivity index (χ0) is 16.1. The second-order valence-electron chi connectivity index (χ2n) is 6.12. The summed E-state index contributed by atoms with van der Waals surface area (Å²) in [5.74, 6) is 0. The predicted molar refractivity (Wildman–Crippen MR) is 88.5 cm³/mol. The Morgan fingerprint density at radius 2 is 2.05 bits per heavy atom. The molecule has 2 atom stereocenters. The molecule has 1 aromatic rings. The molecular weight excluding hydrogens is 278 g/mol. The third-order valence-corrected chi connectivity index (χ3v) is 4.21. The summed E-state index contributed by atoms with van der Waals surface area (Å²) < 4.78 is 5.43. The number of piperazine rings is 1. The molecule has 1 amide bonds. The van der Waals surface area contributed by atoms with Gasteiger partial charge in [-0.2, -0.15) is 0 Å². The fraction of sp³-hybridized carbons (Fsp3) is 0.588. The molecule has 5 nitrogen and oxygen atoms in total. The van der Waals surface area contributed by atoms with Crippen LogP contribution in [0.3, 0.4) is 0 Å². The molecule has 1 unspecified atom stereocenters. The van der Waals surface area contributed by atoms with Crippen molar-refractivity contribution in [3.05, 3.63) is 29.8 Å². The van der Waals surface area contributed by atoms with Gasteiger partial charge >= 0.3 is 6.09 Å². The highest BCUT2D eigenvalue weighted by Gasteiger charge is 2.29. The number of anilines is 1. The first kappa shape index (κ1) is 16.6. The van der Waals surface area contributed by atoms with Gasteiger partial charge in [-0.05, 0) is 38.0 Å². The summed E-state index contributed by atoms with van der Waals surface area (Å²) in [6.45, 7) is 9.35. The molecule has 0 radical (unpaired) electrons. The van der Waals surface area contributed by atoms with Crippen molar-refractivity contribution in [2.24, 2.45) is 0 Å². The Morgan fingerprint density at radius 1 is 1.36 bits per heavy atom. The van der Waals surface area contributed by atoms with Crippen LogP contribution in [-0.4, -0.2) is 47.7 Å². The third kappa shape index (κ3) is 4.37. The maximum Gasteiger partial charge on any atom is 0.410 e. The molecule has 1 aliphatic heterocycles. The number of ether oxygens (including phenoxy) is 1. The van der Waals surface area contributed by atoms with Crippen molar-refractivity contribution in [1.82, 2.24) is 9.80 Å². The molecule has 2 rings (SSSR count). The Balaban J connectivity index is 1.86. The quantitative estimate of drug-likeness (QED) is 0.869. The molecule has 1 saturated heterocycles. The van der Waals surface area contributed by atoms with Crippen molar-refractivity contribution in [3.63, 3.8) is 0 Å². The summed E-state index contributed by atoms with van der Waals surface area (Å²) in [7, 11) is 0. The molecule has 0 spiro atoms. The zero-order valence-corrected chi connectivity index (χ0v) is 13.8. The smallest absolute Gasteiger partial charge is 0.410 e. The standard InChI is InChI=1S/C17H27N3O2/c1-4-14(3)22-17(21)20-10-9-19(11-13(20)2)12-15-5-7-16(18)8-6-15/h5-8,13-14H,4,9-12,18H2,1-3H3/t13-,14?/m1/s1. The van der Waals surface area contributed by atoms with E-state index < -0.39 is 0 Å². The number of hydrogen-bond donors (Lipinski definition) is 1.